The lowest BCUT2D eigenvalue weighted by Crippen LogP contribution is -2.59. The van der Waals surface area contributed by atoms with Gasteiger partial charge in [-0.1, -0.05) is 13.8 Å². The van der Waals surface area contributed by atoms with E-state index in [1.54, 1.807) is 4.90 Å². The summed E-state index contributed by atoms with van der Waals surface area (Å²) in [5.41, 5.74) is 0. The standard InChI is InChI=1S/C14H24N2O3/c1-10(2)7-12-14(18)15-8-13(17)16(12)9-11-3-5-19-6-4-11/h10-12H,3-9H2,1-2H3,(H,15,18). The number of carbonyl (C=O) groups is 2. The van der Waals surface area contributed by atoms with Gasteiger partial charge in [-0.2, -0.15) is 0 Å². The number of ether oxygens (including phenoxy) is 1. The lowest BCUT2D eigenvalue weighted by Gasteiger charge is -2.38. The molecular weight excluding hydrogens is 244 g/mol. The predicted molar refractivity (Wildman–Crippen MR) is 71.5 cm³/mol. The number of rotatable bonds is 4. The van der Waals surface area contributed by atoms with Crippen LogP contribution in [0.4, 0.5) is 0 Å². The third-order valence-corrected chi connectivity index (χ3v) is 3.90. The summed E-state index contributed by atoms with van der Waals surface area (Å²) >= 11 is 0. The molecule has 0 bridgehead atoms. The Morgan fingerprint density at radius 3 is 2.63 bits per heavy atom. The molecule has 0 saturated carbocycles. The maximum Gasteiger partial charge on any atom is 0.243 e. The molecule has 1 unspecified atom stereocenters. The van der Waals surface area contributed by atoms with E-state index < -0.39 is 0 Å². The Hall–Kier alpha value is -1.10. The highest BCUT2D eigenvalue weighted by Crippen LogP contribution is 2.21. The fraction of sp³-hybridized carbons (Fsp3) is 0.857. The predicted octanol–water partition coefficient (Wildman–Crippen LogP) is 0.786. The maximum atomic E-state index is 12.1. The summed E-state index contributed by atoms with van der Waals surface area (Å²) < 4.78 is 5.35. The first kappa shape index (κ1) is 14.3. The lowest BCUT2D eigenvalue weighted by atomic mass is 9.95. The van der Waals surface area contributed by atoms with Gasteiger partial charge in [0.1, 0.15) is 6.04 Å². The van der Waals surface area contributed by atoms with Gasteiger partial charge in [-0.25, -0.2) is 0 Å². The SMILES string of the molecule is CC(C)CC1C(=O)NCC(=O)N1CC1CCOCC1. The van der Waals surface area contributed by atoms with Gasteiger partial charge >= 0.3 is 0 Å². The zero-order valence-corrected chi connectivity index (χ0v) is 11.9. The van der Waals surface area contributed by atoms with Crippen molar-refractivity contribution in [2.45, 2.75) is 39.2 Å². The van der Waals surface area contributed by atoms with E-state index in [4.69, 9.17) is 4.74 Å². The molecule has 0 spiro atoms. The molecule has 2 amide bonds. The number of hydrogen-bond acceptors (Lipinski definition) is 3. The molecule has 1 atom stereocenters. The van der Waals surface area contributed by atoms with Gasteiger partial charge in [0.05, 0.1) is 6.54 Å². The first-order chi connectivity index (χ1) is 9.08. The molecule has 0 aromatic rings. The third kappa shape index (κ3) is 3.69. The van der Waals surface area contributed by atoms with Gasteiger partial charge in [0, 0.05) is 19.8 Å². The molecular formula is C14H24N2O3. The molecule has 2 aliphatic heterocycles. The average Bonchev–Trinajstić information content (AvgIpc) is 2.39. The molecule has 2 aliphatic rings. The van der Waals surface area contributed by atoms with Crippen molar-refractivity contribution in [3.8, 4) is 0 Å². The van der Waals surface area contributed by atoms with Crippen LogP contribution in [0.15, 0.2) is 0 Å². The highest BCUT2D eigenvalue weighted by Gasteiger charge is 2.36. The summed E-state index contributed by atoms with van der Waals surface area (Å²) in [6.07, 6.45) is 2.71. The summed E-state index contributed by atoms with van der Waals surface area (Å²) in [6.45, 7) is 6.56. The number of carbonyl (C=O) groups excluding carboxylic acids is 2. The molecule has 5 heteroatoms. The summed E-state index contributed by atoms with van der Waals surface area (Å²) in [5.74, 6) is 0.925. The summed E-state index contributed by atoms with van der Waals surface area (Å²) in [4.78, 5) is 25.9. The van der Waals surface area contributed by atoms with Crippen LogP contribution in [0.25, 0.3) is 0 Å². The molecule has 0 radical (unpaired) electrons. The number of hydrogen-bond donors (Lipinski definition) is 1. The monoisotopic (exact) mass is 268 g/mol. The van der Waals surface area contributed by atoms with Crippen LogP contribution < -0.4 is 5.32 Å². The zero-order chi connectivity index (χ0) is 13.8. The van der Waals surface area contributed by atoms with Crippen LogP contribution >= 0.6 is 0 Å². The van der Waals surface area contributed by atoms with Gasteiger partial charge in [0.25, 0.3) is 0 Å². The second-order valence-corrected chi connectivity index (χ2v) is 5.96. The van der Waals surface area contributed by atoms with Crippen LogP contribution in [-0.2, 0) is 14.3 Å². The van der Waals surface area contributed by atoms with E-state index in [9.17, 15) is 9.59 Å². The Bertz CT molecular complexity index is 338. The van der Waals surface area contributed by atoms with Gasteiger partial charge in [-0.3, -0.25) is 9.59 Å². The molecule has 1 N–H and O–H groups in total. The van der Waals surface area contributed by atoms with Gasteiger partial charge in [-0.15, -0.1) is 0 Å². The van der Waals surface area contributed by atoms with Crippen molar-refractivity contribution in [3.05, 3.63) is 0 Å². The van der Waals surface area contributed by atoms with Gasteiger partial charge in [0.15, 0.2) is 0 Å². The molecule has 5 nitrogen and oxygen atoms in total. The highest BCUT2D eigenvalue weighted by molar-refractivity contribution is 5.94. The quantitative estimate of drug-likeness (QED) is 0.820. The number of amides is 2. The van der Waals surface area contributed by atoms with Crippen LogP contribution in [0.1, 0.15) is 33.1 Å². The zero-order valence-electron chi connectivity index (χ0n) is 11.9. The van der Waals surface area contributed by atoms with E-state index in [0.29, 0.717) is 18.4 Å². The Morgan fingerprint density at radius 2 is 2.00 bits per heavy atom. The Kier molecular flexibility index (Phi) is 4.80. The van der Waals surface area contributed by atoms with E-state index in [-0.39, 0.29) is 24.4 Å². The van der Waals surface area contributed by atoms with Crippen LogP contribution in [0, 0.1) is 11.8 Å². The number of nitrogens with zero attached hydrogens (tertiary/aromatic N) is 1. The topological polar surface area (TPSA) is 58.6 Å². The minimum Gasteiger partial charge on any atom is -0.381 e. The fourth-order valence-corrected chi connectivity index (χ4v) is 2.81. The largest absolute Gasteiger partial charge is 0.381 e. The normalized spacial score (nSPS) is 25.8. The van der Waals surface area contributed by atoms with E-state index in [1.165, 1.54) is 0 Å². The molecule has 2 heterocycles. The molecule has 108 valence electrons. The van der Waals surface area contributed by atoms with Crippen molar-refractivity contribution in [2.75, 3.05) is 26.3 Å². The molecule has 0 aliphatic carbocycles. The van der Waals surface area contributed by atoms with Crippen molar-refractivity contribution in [1.29, 1.82) is 0 Å². The molecule has 2 fully saturated rings. The van der Waals surface area contributed by atoms with Crippen molar-refractivity contribution >= 4 is 11.8 Å². The number of piperazine rings is 1. The number of nitrogens with one attached hydrogen (secondary N) is 1. The van der Waals surface area contributed by atoms with Crippen molar-refractivity contribution < 1.29 is 14.3 Å². The Morgan fingerprint density at radius 1 is 1.32 bits per heavy atom. The molecule has 19 heavy (non-hydrogen) atoms. The first-order valence-electron chi connectivity index (χ1n) is 7.23. The van der Waals surface area contributed by atoms with Crippen molar-refractivity contribution in [2.24, 2.45) is 11.8 Å². The van der Waals surface area contributed by atoms with Crippen LogP contribution in [0.3, 0.4) is 0 Å². The minimum atomic E-state index is -0.288. The summed E-state index contributed by atoms with van der Waals surface area (Å²) in [5, 5.41) is 2.70. The van der Waals surface area contributed by atoms with Crippen molar-refractivity contribution in [1.82, 2.24) is 10.2 Å². The van der Waals surface area contributed by atoms with Gasteiger partial charge < -0.3 is 15.0 Å². The summed E-state index contributed by atoms with van der Waals surface area (Å²) in [6, 6.07) is -0.288. The van der Waals surface area contributed by atoms with E-state index in [1.807, 2.05) is 0 Å². The second-order valence-electron chi connectivity index (χ2n) is 5.96. The third-order valence-electron chi connectivity index (χ3n) is 3.90. The molecule has 0 aromatic carbocycles. The van der Waals surface area contributed by atoms with Crippen molar-refractivity contribution in [3.63, 3.8) is 0 Å². The Balaban J connectivity index is 2.02. The van der Waals surface area contributed by atoms with E-state index in [2.05, 4.69) is 19.2 Å². The van der Waals surface area contributed by atoms with Crippen LogP contribution in [0.5, 0.6) is 0 Å². The van der Waals surface area contributed by atoms with Gasteiger partial charge in [-0.05, 0) is 31.1 Å². The van der Waals surface area contributed by atoms with E-state index in [0.717, 1.165) is 32.5 Å². The second kappa shape index (κ2) is 6.37. The van der Waals surface area contributed by atoms with Gasteiger partial charge in [0.2, 0.25) is 11.8 Å². The highest BCUT2D eigenvalue weighted by atomic mass is 16.5. The summed E-state index contributed by atoms with van der Waals surface area (Å²) in [7, 11) is 0. The fourth-order valence-electron chi connectivity index (χ4n) is 2.81. The van der Waals surface area contributed by atoms with Crippen LogP contribution in [0.2, 0.25) is 0 Å². The Labute approximate surface area is 114 Å². The average molecular weight is 268 g/mol. The molecule has 2 saturated heterocycles. The molecule has 2 rings (SSSR count). The smallest absolute Gasteiger partial charge is 0.243 e. The minimum absolute atomic E-state index is 0.000333. The van der Waals surface area contributed by atoms with Crippen LogP contribution in [-0.4, -0.2) is 49.1 Å². The first-order valence-corrected chi connectivity index (χ1v) is 7.23. The molecule has 0 aromatic heterocycles. The van der Waals surface area contributed by atoms with E-state index >= 15 is 0 Å². The lowest BCUT2D eigenvalue weighted by molar-refractivity contribution is -0.147. The maximum absolute atomic E-state index is 12.1.